The molecule has 0 aromatic heterocycles. The zero-order valence-corrected chi connectivity index (χ0v) is 31.5. The molecule has 2 aliphatic carbocycles. The average Bonchev–Trinajstić information content (AvgIpc) is 3.99. The van der Waals surface area contributed by atoms with Gasteiger partial charge < -0.3 is 24.4 Å². The summed E-state index contributed by atoms with van der Waals surface area (Å²) < 4.78 is 44.8. The third-order valence-corrected chi connectivity index (χ3v) is 12.6. The van der Waals surface area contributed by atoms with E-state index in [1.165, 1.54) is 11.0 Å². The molecule has 5 atom stereocenters. The number of rotatable bonds is 7. The van der Waals surface area contributed by atoms with Gasteiger partial charge in [-0.3, -0.25) is 24.0 Å². The van der Waals surface area contributed by atoms with Crippen molar-refractivity contribution in [1.82, 2.24) is 19.8 Å². The first-order valence-corrected chi connectivity index (χ1v) is 20.0. The summed E-state index contributed by atoms with van der Waals surface area (Å²) in [6, 6.07) is 3.45. The highest BCUT2D eigenvalue weighted by Gasteiger charge is 2.61. The standard InChI is InChI=1S/C38H50N4O10S/c1-5-26-19-38(26,34(45)40-53(48,49)29-13-14-29)20-31(43)30-18-28-23-42(30)33(44)32(37(2,3)4)39-35(46)51-16-10-8-6-7-9-15-50-27-12-11-24-21-41(36(47)52-28)22-25(24)17-27/h5,7,9,11-12,17,26,28-30,32H,1,6,8,10,13-16,18-23H2,2-4H3,(H,39,46)(H,40,45)/b9-7+/t26-,28+,30?,32+,38-/m0/s1. The number of benzene rings is 1. The van der Waals surface area contributed by atoms with Gasteiger partial charge in [-0.15, -0.1) is 6.58 Å². The first kappa shape index (κ1) is 38.3. The van der Waals surface area contributed by atoms with E-state index >= 15 is 0 Å². The van der Waals surface area contributed by atoms with Gasteiger partial charge in [-0.25, -0.2) is 18.0 Å². The van der Waals surface area contributed by atoms with Gasteiger partial charge in [-0.2, -0.15) is 0 Å². The van der Waals surface area contributed by atoms with Crippen molar-refractivity contribution in [3.8, 4) is 5.75 Å². The Morgan fingerprint density at radius 1 is 1.08 bits per heavy atom. The van der Waals surface area contributed by atoms with Crippen molar-refractivity contribution in [2.75, 3.05) is 19.8 Å². The lowest BCUT2D eigenvalue weighted by Crippen LogP contribution is -2.57. The predicted molar refractivity (Wildman–Crippen MR) is 193 cm³/mol. The number of carbonyl (C=O) groups excluding carboxylic acids is 5. The summed E-state index contributed by atoms with van der Waals surface area (Å²) in [6.07, 6.45) is 6.10. The van der Waals surface area contributed by atoms with Gasteiger partial charge in [0.05, 0.1) is 29.9 Å². The van der Waals surface area contributed by atoms with Crippen molar-refractivity contribution in [3.63, 3.8) is 0 Å². The topological polar surface area (TPSA) is 178 Å². The van der Waals surface area contributed by atoms with Crippen molar-refractivity contribution in [1.29, 1.82) is 0 Å². The number of alkyl carbamates (subject to hydrolysis) is 1. The maximum Gasteiger partial charge on any atom is 0.410 e. The highest BCUT2D eigenvalue weighted by molar-refractivity contribution is 7.90. The lowest BCUT2D eigenvalue weighted by molar-refractivity contribution is -0.142. The Balaban J connectivity index is 1.25. The third kappa shape index (κ3) is 8.71. The molecule has 2 N–H and O–H groups in total. The number of hydrogen-bond acceptors (Lipinski definition) is 10. The molecular formula is C38H50N4O10S. The predicted octanol–water partition coefficient (Wildman–Crippen LogP) is 4.13. The molecule has 1 unspecified atom stereocenters. The molecule has 5 aliphatic rings. The van der Waals surface area contributed by atoms with Gasteiger partial charge in [0, 0.05) is 25.9 Å². The molecule has 4 amide bonds. The van der Waals surface area contributed by atoms with Crippen LogP contribution in [0, 0.1) is 16.7 Å². The van der Waals surface area contributed by atoms with Gasteiger partial charge in [0.15, 0.2) is 5.78 Å². The Kier molecular flexibility index (Phi) is 11.0. The summed E-state index contributed by atoms with van der Waals surface area (Å²) in [5.74, 6) is -1.57. The monoisotopic (exact) mass is 754 g/mol. The number of hydrogen-bond donors (Lipinski definition) is 2. The van der Waals surface area contributed by atoms with Crippen molar-refractivity contribution >= 4 is 39.8 Å². The third-order valence-electron chi connectivity index (χ3n) is 10.8. The molecule has 0 spiro atoms. The maximum atomic E-state index is 14.4. The molecule has 53 heavy (non-hydrogen) atoms. The minimum atomic E-state index is -3.88. The first-order valence-electron chi connectivity index (χ1n) is 18.4. The van der Waals surface area contributed by atoms with Gasteiger partial charge in [0.2, 0.25) is 21.8 Å². The normalized spacial score (nSPS) is 29.0. The van der Waals surface area contributed by atoms with Crippen LogP contribution < -0.4 is 14.8 Å². The number of allylic oxidation sites excluding steroid dienone is 2. The summed E-state index contributed by atoms with van der Waals surface area (Å²) in [4.78, 5) is 71.6. The molecule has 1 aromatic carbocycles. The van der Waals surface area contributed by atoms with Gasteiger partial charge in [0.25, 0.3) is 0 Å². The molecule has 1 aromatic rings. The SMILES string of the molecule is C=C[C@H]1C[C@@]1(CC(=O)C1C[C@@H]2CN1C(=O)[C@H](C(C)(C)C)NC(=O)OCCCC/C=C/COc1ccc3c(c1)CN(C3)C(=O)O2)C(=O)NS(=O)(=O)C1CC1. The fraction of sp³-hybridized carbons (Fsp3) is 0.605. The van der Waals surface area contributed by atoms with Crippen LogP contribution in [-0.2, 0) is 47.0 Å². The van der Waals surface area contributed by atoms with E-state index in [1.807, 2.05) is 30.4 Å². The Bertz CT molecular complexity index is 1780. The fourth-order valence-electron chi connectivity index (χ4n) is 7.38. The van der Waals surface area contributed by atoms with Crippen LogP contribution in [0.1, 0.15) is 83.3 Å². The zero-order chi connectivity index (χ0) is 38.1. The van der Waals surface area contributed by atoms with Crippen molar-refractivity contribution in [2.24, 2.45) is 16.7 Å². The summed E-state index contributed by atoms with van der Waals surface area (Å²) in [6.45, 7) is 10.1. The quantitative estimate of drug-likeness (QED) is 0.385. The molecule has 3 aliphatic heterocycles. The molecule has 3 heterocycles. The maximum absolute atomic E-state index is 14.4. The number of nitrogens with zero attached hydrogens (tertiary/aromatic N) is 2. The van der Waals surface area contributed by atoms with Crippen LogP contribution in [0.5, 0.6) is 5.75 Å². The van der Waals surface area contributed by atoms with Gasteiger partial charge in [-0.05, 0) is 73.1 Å². The van der Waals surface area contributed by atoms with Gasteiger partial charge >= 0.3 is 12.2 Å². The molecule has 14 nitrogen and oxygen atoms in total. The molecule has 3 fully saturated rings. The van der Waals surface area contributed by atoms with Crippen LogP contribution in [0.25, 0.3) is 0 Å². The largest absolute Gasteiger partial charge is 0.490 e. The van der Waals surface area contributed by atoms with E-state index in [2.05, 4.69) is 16.6 Å². The van der Waals surface area contributed by atoms with Crippen LogP contribution in [0.3, 0.4) is 0 Å². The van der Waals surface area contributed by atoms with Crippen LogP contribution in [0.4, 0.5) is 9.59 Å². The summed E-state index contributed by atoms with van der Waals surface area (Å²) in [5.41, 5.74) is -0.276. The van der Waals surface area contributed by atoms with E-state index in [4.69, 9.17) is 14.2 Å². The number of ether oxygens (including phenoxy) is 3. The highest BCUT2D eigenvalue weighted by atomic mass is 32.2. The number of cyclic esters (lactones) is 1. The van der Waals surface area contributed by atoms with E-state index in [-0.39, 0.29) is 32.4 Å². The number of fused-ring (bicyclic) bond motifs is 4. The average molecular weight is 755 g/mol. The Labute approximate surface area is 310 Å². The summed E-state index contributed by atoms with van der Waals surface area (Å²) >= 11 is 0. The molecular weight excluding hydrogens is 705 g/mol. The molecule has 6 rings (SSSR count). The number of amides is 4. The fourth-order valence-corrected chi connectivity index (χ4v) is 8.77. The van der Waals surface area contributed by atoms with E-state index in [1.54, 1.807) is 25.7 Å². The Morgan fingerprint density at radius 3 is 2.53 bits per heavy atom. The minimum absolute atomic E-state index is 0.0409. The number of Topliss-reactive ketones (excluding diaryl/α,β-unsaturated/α-hetero) is 1. The lowest BCUT2D eigenvalue weighted by Gasteiger charge is -2.35. The van der Waals surface area contributed by atoms with E-state index in [0.29, 0.717) is 44.7 Å². The first-order chi connectivity index (χ1) is 25.1. The van der Waals surface area contributed by atoms with Crippen molar-refractivity contribution in [2.45, 2.75) is 109 Å². The minimum Gasteiger partial charge on any atom is -0.490 e. The molecule has 288 valence electrons. The molecule has 1 saturated heterocycles. The second-order valence-electron chi connectivity index (χ2n) is 15.9. The van der Waals surface area contributed by atoms with Crippen molar-refractivity contribution < 1.29 is 46.6 Å². The van der Waals surface area contributed by atoms with Crippen molar-refractivity contribution in [3.05, 3.63) is 54.1 Å². The molecule has 5 bridgehead atoms. The molecule has 15 heteroatoms. The van der Waals surface area contributed by atoms with Crippen LogP contribution in [0.15, 0.2) is 43.0 Å². The van der Waals surface area contributed by atoms with E-state index < -0.39 is 80.0 Å². The lowest BCUT2D eigenvalue weighted by atomic mass is 9.85. The van der Waals surface area contributed by atoms with Crippen LogP contribution in [0.2, 0.25) is 0 Å². The molecule has 2 saturated carbocycles. The number of sulfonamides is 1. The second-order valence-corrected chi connectivity index (χ2v) is 17.9. The smallest absolute Gasteiger partial charge is 0.410 e. The second kappa shape index (κ2) is 15.2. The van der Waals surface area contributed by atoms with E-state index in [0.717, 1.165) is 24.0 Å². The van der Waals surface area contributed by atoms with Crippen LogP contribution in [-0.4, -0.2) is 91.2 Å². The summed E-state index contributed by atoms with van der Waals surface area (Å²) in [7, 11) is -3.88. The Morgan fingerprint density at radius 2 is 1.83 bits per heavy atom. The number of carbonyl (C=O) groups is 5. The van der Waals surface area contributed by atoms with Crippen LogP contribution >= 0.6 is 0 Å². The van der Waals surface area contributed by atoms with Gasteiger partial charge in [-0.1, -0.05) is 45.1 Å². The highest BCUT2D eigenvalue weighted by Crippen LogP contribution is 2.57. The zero-order valence-electron chi connectivity index (χ0n) is 30.6. The van der Waals surface area contributed by atoms with E-state index in [9.17, 15) is 32.4 Å². The molecule has 0 radical (unpaired) electrons. The summed E-state index contributed by atoms with van der Waals surface area (Å²) in [5, 5.41) is 2.07. The Hall–Kier alpha value is -4.40. The van der Waals surface area contributed by atoms with Gasteiger partial charge in [0.1, 0.15) is 24.5 Å². The number of nitrogens with one attached hydrogen (secondary N) is 2. The number of ketones is 1.